The quantitative estimate of drug-likeness (QED) is 0.344. The lowest BCUT2D eigenvalue weighted by Crippen LogP contribution is -2.14. The number of nitrogens with zero attached hydrogens (tertiary/aromatic N) is 1. The second kappa shape index (κ2) is 9.01. The van der Waals surface area contributed by atoms with Crippen LogP contribution in [0.25, 0.3) is 22.2 Å². The SMILES string of the molecule is COc1cc(NC(=O)c2cc(-c3ccccc3)nc3c(C)cc(C)cc23)c(OC)cc1Br. The maximum Gasteiger partial charge on any atom is 0.256 e. The minimum Gasteiger partial charge on any atom is -0.495 e. The zero-order valence-electron chi connectivity index (χ0n) is 18.3. The Morgan fingerprint density at radius 3 is 2.34 bits per heavy atom. The van der Waals surface area contributed by atoms with E-state index in [2.05, 4.69) is 27.3 Å². The van der Waals surface area contributed by atoms with Crippen LogP contribution >= 0.6 is 15.9 Å². The van der Waals surface area contributed by atoms with Gasteiger partial charge in [0.25, 0.3) is 5.91 Å². The van der Waals surface area contributed by atoms with Crippen LogP contribution in [0.5, 0.6) is 11.5 Å². The number of fused-ring (bicyclic) bond motifs is 1. The number of nitrogens with one attached hydrogen (secondary N) is 1. The molecular formula is C26H23BrN2O3. The van der Waals surface area contributed by atoms with Crippen LogP contribution in [-0.2, 0) is 0 Å². The smallest absolute Gasteiger partial charge is 0.256 e. The number of aryl methyl sites for hydroxylation is 2. The number of anilines is 1. The third kappa shape index (κ3) is 4.18. The Kier molecular flexibility index (Phi) is 6.15. The summed E-state index contributed by atoms with van der Waals surface area (Å²) < 4.78 is 11.6. The third-order valence-corrected chi connectivity index (χ3v) is 5.90. The van der Waals surface area contributed by atoms with Gasteiger partial charge in [-0.25, -0.2) is 4.98 Å². The lowest BCUT2D eigenvalue weighted by atomic mass is 9.99. The minimum absolute atomic E-state index is 0.248. The fourth-order valence-corrected chi connectivity index (χ4v) is 4.26. The van der Waals surface area contributed by atoms with Crippen LogP contribution in [0.3, 0.4) is 0 Å². The molecule has 1 heterocycles. The number of ether oxygens (including phenoxy) is 2. The second-order valence-corrected chi connectivity index (χ2v) is 8.39. The molecule has 3 aromatic carbocycles. The van der Waals surface area contributed by atoms with Crippen molar-refractivity contribution < 1.29 is 14.3 Å². The van der Waals surface area contributed by atoms with Gasteiger partial charge in [0.05, 0.1) is 41.2 Å². The number of halogens is 1. The van der Waals surface area contributed by atoms with Gasteiger partial charge in [-0.2, -0.15) is 0 Å². The molecular weight excluding hydrogens is 468 g/mol. The number of carbonyl (C=O) groups excluding carboxylic acids is 1. The highest BCUT2D eigenvalue weighted by Gasteiger charge is 2.18. The van der Waals surface area contributed by atoms with Crippen molar-refractivity contribution >= 4 is 38.4 Å². The van der Waals surface area contributed by atoms with Crippen LogP contribution in [0.2, 0.25) is 0 Å². The molecule has 1 amide bonds. The highest BCUT2D eigenvalue weighted by molar-refractivity contribution is 9.10. The lowest BCUT2D eigenvalue weighted by molar-refractivity contribution is 0.102. The van der Waals surface area contributed by atoms with E-state index in [0.29, 0.717) is 22.7 Å². The molecule has 0 spiro atoms. The number of benzene rings is 3. The van der Waals surface area contributed by atoms with Crippen molar-refractivity contribution in [2.75, 3.05) is 19.5 Å². The average Bonchev–Trinajstić information content (AvgIpc) is 2.79. The molecule has 32 heavy (non-hydrogen) atoms. The summed E-state index contributed by atoms with van der Waals surface area (Å²) in [6, 6.07) is 19.3. The van der Waals surface area contributed by atoms with E-state index in [4.69, 9.17) is 14.5 Å². The van der Waals surface area contributed by atoms with Gasteiger partial charge in [-0.15, -0.1) is 0 Å². The van der Waals surface area contributed by atoms with Gasteiger partial charge in [0.1, 0.15) is 11.5 Å². The fourth-order valence-electron chi connectivity index (χ4n) is 3.77. The van der Waals surface area contributed by atoms with Crippen LogP contribution < -0.4 is 14.8 Å². The van der Waals surface area contributed by atoms with Gasteiger partial charge in [0, 0.05) is 23.1 Å². The minimum atomic E-state index is -0.248. The predicted molar refractivity (Wildman–Crippen MR) is 132 cm³/mol. The van der Waals surface area contributed by atoms with Crippen molar-refractivity contribution in [3.8, 4) is 22.8 Å². The summed E-state index contributed by atoms with van der Waals surface area (Å²) in [5, 5.41) is 3.80. The maximum atomic E-state index is 13.5. The molecule has 1 aromatic heterocycles. The van der Waals surface area contributed by atoms with Crippen LogP contribution in [0.4, 0.5) is 5.69 Å². The second-order valence-electron chi connectivity index (χ2n) is 7.54. The average molecular weight is 491 g/mol. The van der Waals surface area contributed by atoms with Gasteiger partial charge < -0.3 is 14.8 Å². The topological polar surface area (TPSA) is 60.5 Å². The maximum absolute atomic E-state index is 13.5. The predicted octanol–water partition coefficient (Wildman–Crippen LogP) is 6.55. The molecule has 4 aromatic rings. The van der Waals surface area contributed by atoms with Gasteiger partial charge in [-0.3, -0.25) is 4.79 Å². The summed E-state index contributed by atoms with van der Waals surface area (Å²) in [5.41, 5.74) is 5.66. The first-order chi connectivity index (χ1) is 15.4. The van der Waals surface area contributed by atoms with E-state index in [1.165, 1.54) is 0 Å². The first kappa shape index (κ1) is 21.8. The highest BCUT2D eigenvalue weighted by atomic mass is 79.9. The van der Waals surface area contributed by atoms with Crippen molar-refractivity contribution in [1.82, 2.24) is 4.98 Å². The number of hydrogen-bond acceptors (Lipinski definition) is 4. The number of hydrogen-bond donors (Lipinski definition) is 1. The Morgan fingerprint density at radius 1 is 0.938 bits per heavy atom. The molecule has 0 saturated heterocycles. The molecule has 4 rings (SSSR count). The van der Waals surface area contributed by atoms with Gasteiger partial charge in [0.2, 0.25) is 0 Å². The Hall–Kier alpha value is -3.38. The van der Waals surface area contributed by atoms with E-state index in [1.807, 2.05) is 56.3 Å². The number of rotatable bonds is 5. The van der Waals surface area contributed by atoms with Crippen LogP contribution in [0.15, 0.2) is 65.1 Å². The monoisotopic (exact) mass is 490 g/mol. The molecule has 0 saturated carbocycles. The molecule has 0 aliphatic carbocycles. The number of carbonyl (C=O) groups is 1. The summed E-state index contributed by atoms with van der Waals surface area (Å²) >= 11 is 3.45. The summed E-state index contributed by atoms with van der Waals surface area (Å²) in [7, 11) is 3.14. The fraction of sp³-hybridized carbons (Fsp3) is 0.154. The normalized spacial score (nSPS) is 10.8. The van der Waals surface area contributed by atoms with Gasteiger partial charge in [-0.1, -0.05) is 42.0 Å². The molecule has 0 bridgehead atoms. The number of amides is 1. The van der Waals surface area contributed by atoms with Crippen molar-refractivity contribution in [3.05, 3.63) is 81.8 Å². The van der Waals surface area contributed by atoms with Crippen molar-refractivity contribution in [2.45, 2.75) is 13.8 Å². The molecule has 0 atom stereocenters. The molecule has 5 nitrogen and oxygen atoms in total. The summed E-state index contributed by atoms with van der Waals surface area (Å²) in [6.45, 7) is 4.03. The van der Waals surface area contributed by atoms with Crippen LogP contribution in [0.1, 0.15) is 21.5 Å². The van der Waals surface area contributed by atoms with E-state index >= 15 is 0 Å². The Bertz CT molecular complexity index is 1320. The molecule has 6 heteroatoms. The van der Waals surface area contributed by atoms with Gasteiger partial charge >= 0.3 is 0 Å². The highest BCUT2D eigenvalue weighted by Crippen LogP contribution is 2.37. The van der Waals surface area contributed by atoms with Crippen molar-refractivity contribution in [1.29, 1.82) is 0 Å². The first-order valence-corrected chi connectivity index (χ1v) is 10.9. The van der Waals surface area contributed by atoms with Crippen molar-refractivity contribution in [3.63, 3.8) is 0 Å². The Labute approximate surface area is 195 Å². The number of pyridine rings is 1. The third-order valence-electron chi connectivity index (χ3n) is 5.28. The molecule has 0 aliphatic heterocycles. The van der Waals surface area contributed by atoms with E-state index in [0.717, 1.165) is 37.8 Å². The molecule has 0 radical (unpaired) electrons. The number of aromatic nitrogens is 1. The lowest BCUT2D eigenvalue weighted by Gasteiger charge is -2.15. The van der Waals surface area contributed by atoms with E-state index < -0.39 is 0 Å². The van der Waals surface area contributed by atoms with Gasteiger partial charge in [0.15, 0.2) is 0 Å². The summed E-state index contributed by atoms with van der Waals surface area (Å²) in [6.07, 6.45) is 0. The van der Waals surface area contributed by atoms with Crippen LogP contribution in [-0.4, -0.2) is 25.1 Å². The summed E-state index contributed by atoms with van der Waals surface area (Å²) in [4.78, 5) is 18.4. The Balaban J connectivity index is 1.87. The first-order valence-electron chi connectivity index (χ1n) is 10.1. The molecule has 0 fully saturated rings. The molecule has 0 unspecified atom stereocenters. The van der Waals surface area contributed by atoms with E-state index in [9.17, 15) is 4.79 Å². The zero-order valence-corrected chi connectivity index (χ0v) is 19.9. The standard InChI is InChI=1S/C26H23BrN2O3/c1-15-10-16(2)25-18(11-15)19(12-21(28-25)17-8-6-5-7-9-17)26(30)29-22-14-23(31-3)20(27)13-24(22)32-4/h5-14H,1-4H3,(H,29,30). The van der Waals surface area contributed by atoms with Crippen molar-refractivity contribution in [2.24, 2.45) is 0 Å². The van der Waals surface area contributed by atoms with E-state index in [1.54, 1.807) is 26.4 Å². The number of methoxy groups -OCH3 is 2. The molecule has 0 aliphatic rings. The van der Waals surface area contributed by atoms with Crippen LogP contribution in [0, 0.1) is 13.8 Å². The van der Waals surface area contributed by atoms with E-state index in [-0.39, 0.29) is 5.91 Å². The summed E-state index contributed by atoms with van der Waals surface area (Å²) in [5.74, 6) is 0.875. The van der Waals surface area contributed by atoms with Gasteiger partial charge in [-0.05, 0) is 47.5 Å². The Morgan fingerprint density at radius 2 is 1.66 bits per heavy atom. The molecule has 162 valence electrons. The molecule has 1 N–H and O–H groups in total. The largest absolute Gasteiger partial charge is 0.495 e. The zero-order chi connectivity index (χ0) is 22.8.